The van der Waals surface area contributed by atoms with Crippen molar-refractivity contribution in [3.63, 3.8) is 0 Å². The normalized spacial score (nSPS) is 10.8. The summed E-state index contributed by atoms with van der Waals surface area (Å²) in [7, 11) is 0. The van der Waals surface area contributed by atoms with Crippen molar-refractivity contribution in [3.05, 3.63) is 106 Å². The molecule has 4 rings (SSSR count). The van der Waals surface area contributed by atoms with E-state index < -0.39 is 5.97 Å². The van der Waals surface area contributed by atoms with Gasteiger partial charge in [-0.25, -0.2) is 4.79 Å². The molecule has 0 radical (unpaired) electrons. The van der Waals surface area contributed by atoms with Crippen molar-refractivity contribution < 1.29 is 9.53 Å². The number of thiocarbonyl (C=S) groups is 1. The van der Waals surface area contributed by atoms with Gasteiger partial charge in [-0.15, -0.1) is 0 Å². The summed E-state index contributed by atoms with van der Waals surface area (Å²) in [6.07, 6.45) is 1.56. The van der Waals surface area contributed by atoms with Gasteiger partial charge in [-0.2, -0.15) is 5.10 Å². The first-order chi connectivity index (χ1) is 16.0. The van der Waals surface area contributed by atoms with Gasteiger partial charge in [0, 0.05) is 16.3 Å². The maximum absolute atomic E-state index is 12.8. The quantitative estimate of drug-likeness (QED) is 0.106. The zero-order chi connectivity index (χ0) is 23.2. The summed E-state index contributed by atoms with van der Waals surface area (Å²) >= 11 is 17.4. The minimum atomic E-state index is -0.601. The SMILES string of the molecule is O=C(Oc1ccc2ccccc2c1/C=N/NC(=S)Nc1ccccc1)c1ccc(Cl)cc1Cl. The van der Waals surface area contributed by atoms with Gasteiger partial charge in [-0.1, -0.05) is 71.7 Å². The van der Waals surface area contributed by atoms with Crippen molar-refractivity contribution >= 4 is 69.2 Å². The maximum atomic E-state index is 12.8. The second kappa shape index (κ2) is 10.4. The van der Waals surface area contributed by atoms with Gasteiger partial charge in [-0.05, 0) is 59.4 Å². The second-order valence-electron chi connectivity index (χ2n) is 6.90. The Morgan fingerprint density at radius 2 is 1.70 bits per heavy atom. The van der Waals surface area contributed by atoms with Crippen LogP contribution in [-0.2, 0) is 0 Å². The molecule has 4 aromatic rings. The van der Waals surface area contributed by atoms with Crippen LogP contribution in [0, 0.1) is 0 Å². The number of hydrogen-bond donors (Lipinski definition) is 2. The fourth-order valence-electron chi connectivity index (χ4n) is 3.14. The standard InChI is InChI=1S/C25H17Cl2N3O2S/c26-17-11-12-20(22(27)14-17)24(31)32-23-13-10-16-6-4-5-9-19(16)21(23)15-28-30-25(33)29-18-7-2-1-3-8-18/h1-15H,(H2,29,30,33)/b28-15+. The Morgan fingerprint density at radius 3 is 2.48 bits per heavy atom. The zero-order valence-electron chi connectivity index (χ0n) is 17.1. The number of halogens is 2. The van der Waals surface area contributed by atoms with E-state index in [0.717, 1.165) is 16.5 Å². The molecule has 2 N–H and O–H groups in total. The molecule has 0 heterocycles. The van der Waals surface area contributed by atoms with Crippen LogP contribution in [0.3, 0.4) is 0 Å². The van der Waals surface area contributed by atoms with Crippen LogP contribution in [0.15, 0.2) is 90.0 Å². The molecular weight excluding hydrogens is 477 g/mol. The lowest BCUT2D eigenvalue weighted by Gasteiger charge is -2.11. The fourth-order valence-corrected chi connectivity index (χ4v) is 3.80. The molecule has 0 aliphatic heterocycles. The molecule has 0 spiro atoms. The van der Waals surface area contributed by atoms with Gasteiger partial charge in [-0.3, -0.25) is 5.43 Å². The summed E-state index contributed by atoms with van der Waals surface area (Å²) in [5.74, 6) is -0.270. The minimum Gasteiger partial charge on any atom is -0.422 e. The molecule has 0 saturated carbocycles. The number of hydrogen-bond acceptors (Lipinski definition) is 4. The van der Waals surface area contributed by atoms with Crippen LogP contribution in [-0.4, -0.2) is 17.3 Å². The van der Waals surface area contributed by atoms with E-state index in [2.05, 4.69) is 15.8 Å². The van der Waals surface area contributed by atoms with Gasteiger partial charge >= 0.3 is 5.97 Å². The number of carbonyl (C=O) groups excluding carboxylic acids is 1. The molecule has 0 saturated heterocycles. The highest BCUT2D eigenvalue weighted by atomic mass is 35.5. The molecule has 33 heavy (non-hydrogen) atoms. The van der Waals surface area contributed by atoms with E-state index in [4.69, 9.17) is 40.2 Å². The van der Waals surface area contributed by atoms with Crippen LogP contribution in [0.5, 0.6) is 5.75 Å². The molecule has 0 atom stereocenters. The lowest BCUT2D eigenvalue weighted by molar-refractivity contribution is 0.0735. The lowest BCUT2D eigenvalue weighted by Crippen LogP contribution is -2.23. The van der Waals surface area contributed by atoms with E-state index in [9.17, 15) is 4.79 Å². The summed E-state index contributed by atoms with van der Waals surface area (Å²) in [5.41, 5.74) is 4.45. The minimum absolute atomic E-state index is 0.211. The molecule has 0 amide bonds. The number of nitrogens with zero attached hydrogens (tertiary/aromatic N) is 1. The van der Waals surface area contributed by atoms with Crippen LogP contribution in [0.4, 0.5) is 5.69 Å². The average Bonchev–Trinajstić information content (AvgIpc) is 2.80. The predicted molar refractivity (Wildman–Crippen MR) is 139 cm³/mol. The molecule has 0 aromatic heterocycles. The summed E-state index contributed by atoms with van der Waals surface area (Å²) in [5, 5.41) is 10.1. The number of benzene rings is 4. The Kier molecular flexibility index (Phi) is 7.19. The molecule has 5 nitrogen and oxygen atoms in total. The van der Waals surface area contributed by atoms with Crippen molar-refractivity contribution in [2.45, 2.75) is 0 Å². The first-order valence-corrected chi connectivity index (χ1v) is 11.0. The Hall–Kier alpha value is -3.45. The van der Waals surface area contributed by atoms with Gasteiger partial charge in [0.15, 0.2) is 5.11 Å². The van der Waals surface area contributed by atoms with Gasteiger partial charge in [0.2, 0.25) is 0 Å². The topological polar surface area (TPSA) is 62.7 Å². The summed E-state index contributed by atoms with van der Waals surface area (Å²) in [6.45, 7) is 0. The van der Waals surface area contributed by atoms with E-state index >= 15 is 0 Å². The zero-order valence-corrected chi connectivity index (χ0v) is 19.4. The summed E-state index contributed by atoms with van der Waals surface area (Å²) in [4.78, 5) is 12.8. The number of anilines is 1. The third-order valence-corrected chi connectivity index (χ3v) is 5.42. The number of fused-ring (bicyclic) bond motifs is 1. The van der Waals surface area contributed by atoms with E-state index in [0.29, 0.717) is 21.4 Å². The van der Waals surface area contributed by atoms with Gasteiger partial charge in [0.05, 0.1) is 16.8 Å². The van der Waals surface area contributed by atoms with Gasteiger partial charge < -0.3 is 10.1 Å². The van der Waals surface area contributed by atoms with Crippen molar-refractivity contribution in [2.75, 3.05) is 5.32 Å². The van der Waals surface area contributed by atoms with E-state index in [1.54, 1.807) is 18.3 Å². The maximum Gasteiger partial charge on any atom is 0.345 e. The third kappa shape index (κ3) is 5.68. The monoisotopic (exact) mass is 493 g/mol. The lowest BCUT2D eigenvalue weighted by atomic mass is 10.0. The molecule has 0 unspecified atom stereocenters. The Labute approximate surface area is 206 Å². The molecule has 0 fully saturated rings. The first kappa shape index (κ1) is 22.7. The Bertz CT molecular complexity index is 1360. The third-order valence-electron chi connectivity index (χ3n) is 4.68. The number of rotatable bonds is 5. The number of ether oxygens (including phenoxy) is 1. The highest BCUT2D eigenvalue weighted by molar-refractivity contribution is 7.80. The fraction of sp³-hybridized carbons (Fsp3) is 0. The number of esters is 1. The predicted octanol–water partition coefficient (Wildman–Crippen LogP) is 6.69. The van der Waals surface area contributed by atoms with Crippen molar-refractivity contribution in [1.29, 1.82) is 0 Å². The highest BCUT2D eigenvalue weighted by Gasteiger charge is 2.16. The smallest absolute Gasteiger partial charge is 0.345 e. The first-order valence-electron chi connectivity index (χ1n) is 9.85. The molecule has 0 bridgehead atoms. The van der Waals surface area contributed by atoms with Crippen LogP contribution in [0.1, 0.15) is 15.9 Å². The van der Waals surface area contributed by atoms with Crippen LogP contribution in [0.25, 0.3) is 10.8 Å². The van der Waals surface area contributed by atoms with E-state index in [1.165, 1.54) is 12.1 Å². The van der Waals surface area contributed by atoms with Crippen molar-refractivity contribution in [2.24, 2.45) is 5.10 Å². The molecule has 8 heteroatoms. The second-order valence-corrected chi connectivity index (χ2v) is 8.15. The largest absolute Gasteiger partial charge is 0.422 e. The molecule has 0 aliphatic carbocycles. The number of para-hydroxylation sites is 1. The molecule has 164 valence electrons. The van der Waals surface area contributed by atoms with Crippen LogP contribution in [0.2, 0.25) is 10.0 Å². The molecular formula is C25H17Cl2N3O2S. The average molecular weight is 494 g/mol. The Balaban J connectivity index is 1.59. The highest BCUT2D eigenvalue weighted by Crippen LogP contribution is 2.29. The van der Waals surface area contributed by atoms with Crippen LogP contribution >= 0.6 is 35.4 Å². The van der Waals surface area contributed by atoms with Gasteiger partial charge in [0.1, 0.15) is 5.75 Å². The van der Waals surface area contributed by atoms with E-state index in [-0.39, 0.29) is 10.6 Å². The molecule has 4 aromatic carbocycles. The number of hydrazone groups is 1. The van der Waals surface area contributed by atoms with Crippen molar-refractivity contribution in [1.82, 2.24) is 5.43 Å². The summed E-state index contributed by atoms with van der Waals surface area (Å²) in [6, 6.07) is 25.4. The van der Waals surface area contributed by atoms with E-state index in [1.807, 2.05) is 60.7 Å². The van der Waals surface area contributed by atoms with Gasteiger partial charge in [0.25, 0.3) is 0 Å². The van der Waals surface area contributed by atoms with Crippen LogP contribution < -0.4 is 15.5 Å². The number of carbonyl (C=O) groups is 1. The van der Waals surface area contributed by atoms with Crippen molar-refractivity contribution in [3.8, 4) is 5.75 Å². The number of nitrogens with one attached hydrogen (secondary N) is 2. The Morgan fingerprint density at radius 1 is 0.939 bits per heavy atom. The summed E-state index contributed by atoms with van der Waals surface area (Å²) < 4.78 is 5.68. The molecule has 0 aliphatic rings.